The fourth-order valence-electron chi connectivity index (χ4n) is 1.84. The van der Waals surface area contributed by atoms with Crippen LogP contribution in [0.3, 0.4) is 0 Å². The number of pyridine rings is 1. The Morgan fingerprint density at radius 1 is 1.21 bits per heavy atom. The number of alkyl halides is 5. The molecule has 0 spiro atoms. The summed E-state index contributed by atoms with van der Waals surface area (Å²) in [5.41, 5.74) is 0.551. The maximum Gasteiger partial charge on any atom is 0.455 e. The van der Waals surface area contributed by atoms with Gasteiger partial charge in [-0.15, -0.1) is 0 Å². The third kappa shape index (κ3) is 2.52. The van der Waals surface area contributed by atoms with Crippen LogP contribution < -0.4 is 4.90 Å². The molecule has 0 saturated heterocycles. The van der Waals surface area contributed by atoms with Crippen LogP contribution in [0.25, 0.3) is 0 Å². The van der Waals surface area contributed by atoms with Gasteiger partial charge in [-0.1, -0.05) is 0 Å². The van der Waals surface area contributed by atoms with Crippen molar-refractivity contribution in [3.05, 3.63) is 24.0 Å². The van der Waals surface area contributed by atoms with Crippen LogP contribution in [0.15, 0.2) is 18.5 Å². The first-order valence-electron chi connectivity index (χ1n) is 5.40. The molecule has 104 valence electrons. The van der Waals surface area contributed by atoms with E-state index in [1.54, 1.807) is 0 Å². The first kappa shape index (κ1) is 13.7. The highest BCUT2D eigenvalue weighted by Crippen LogP contribution is 2.38. The number of aromatic nitrogens is 1. The van der Waals surface area contributed by atoms with Gasteiger partial charge in [-0.25, -0.2) is 0 Å². The second-order valence-electron chi connectivity index (χ2n) is 4.19. The molecule has 0 atom stereocenters. The summed E-state index contributed by atoms with van der Waals surface area (Å²) in [7, 11) is 0. The lowest BCUT2D eigenvalue weighted by Crippen LogP contribution is -2.50. The number of hydrogen-bond donors (Lipinski definition) is 0. The van der Waals surface area contributed by atoms with E-state index in [2.05, 4.69) is 4.98 Å². The molecular formula is C11H9F5N2O. The van der Waals surface area contributed by atoms with Crippen molar-refractivity contribution in [1.29, 1.82) is 0 Å². The number of amides is 1. The van der Waals surface area contributed by atoms with Gasteiger partial charge in [0, 0.05) is 12.6 Å². The Balaban J connectivity index is 2.32. The molecule has 1 aliphatic rings. The number of aryl methyl sites for hydroxylation is 1. The molecule has 0 aromatic carbocycles. The molecule has 8 heteroatoms. The van der Waals surface area contributed by atoms with Crippen molar-refractivity contribution in [2.45, 2.75) is 24.9 Å². The lowest BCUT2D eigenvalue weighted by atomic mass is 10.0. The topological polar surface area (TPSA) is 33.2 Å². The van der Waals surface area contributed by atoms with E-state index < -0.39 is 24.6 Å². The van der Waals surface area contributed by atoms with Gasteiger partial charge in [-0.3, -0.25) is 9.78 Å². The van der Waals surface area contributed by atoms with Gasteiger partial charge in [0.2, 0.25) is 5.91 Å². The molecule has 1 aromatic rings. The van der Waals surface area contributed by atoms with Gasteiger partial charge in [0.05, 0.1) is 18.4 Å². The van der Waals surface area contributed by atoms with Crippen molar-refractivity contribution >= 4 is 11.6 Å². The molecule has 1 aromatic heterocycles. The maximum atomic E-state index is 13.0. The summed E-state index contributed by atoms with van der Waals surface area (Å²) in [5, 5.41) is 0. The molecule has 3 nitrogen and oxygen atoms in total. The average molecular weight is 280 g/mol. The number of halogens is 5. The Morgan fingerprint density at radius 3 is 2.53 bits per heavy atom. The van der Waals surface area contributed by atoms with Crippen molar-refractivity contribution < 1.29 is 26.7 Å². The second-order valence-corrected chi connectivity index (χ2v) is 4.19. The minimum absolute atomic E-state index is 0.0164. The van der Waals surface area contributed by atoms with Gasteiger partial charge in [0.25, 0.3) is 0 Å². The van der Waals surface area contributed by atoms with Crippen molar-refractivity contribution in [2.75, 3.05) is 11.4 Å². The zero-order chi connectivity index (χ0) is 14.3. The Labute approximate surface area is 105 Å². The summed E-state index contributed by atoms with van der Waals surface area (Å²) in [4.78, 5) is 15.7. The minimum atomic E-state index is -5.69. The van der Waals surface area contributed by atoms with Crippen LogP contribution in [0.4, 0.5) is 27.6 Å². The van der Waals surface area contributed by atoms with Gasteiger partial charge in [-0.05, 0) is 18.1 Å². The molecular weight excluding hydrogens is 271 g/mol. The molecule has 0 radical (unpaired) electrons. The fourth-order valence-corrected chi connectivity index (χ4v) is 1.84. The molecule has 0 saturated carbocycles. The quantitative estimate of drug-likeness (QED) is 0.780. The van der Waals surface area contributed by atoms with Crippen LogP contribution in [0.2, 0.25) is 0 Å². The third-order valence-corrected chi connectivity index (χ3v) is 2.86. The molecule has 19 heavy (non-hydrogen) atoms. The Bertz CT molecular complexity index is 500. The van der Waals surface area contributed by atoms with Crippen molar-refractivity contribution in [3.8, 4) is 0 Å². The smallest absolute Gasteiger partial charge is 0.304 e. The van der Waals surface area contributed by atoms with Gasteiger partial charge in [0.15, 0.2) is 0 Å². The summed E-state index contributed by atoms with van der Waals surface area (Å²) >= 11 is 0. The van der Waals surface area contributed by atoms with Crippen LogP contribution in [0.5, 0.6) is 0 Å². The van der Waals surface area contributed by atoms with Crippen molar-refractivity contribution in [1.82, 2.24) is 4.98 Å². The van der Waals surface area contributed by atoms with E-state index in [9.17, 15) is 26.7 Å². The van der Waals surface area contributed by atoms with E-state index in [4.69, 9.17) is 0 Å². The van der Waals surface area contributed by atoms with Crippen molar-refractivity contribution in [2.24, 2.45) is 0 Å². The highest BCUT2D eigenvalue weighted by Gasteiger charge is 2.59. The maximum absolute atomic E-state index is 13.0. The van der Waals surface area contributed by atoms with E-state index in [1.807, 2.05) is 0 Å². The molecule has 0 unspecified atom stereocenters. The van der Waals surface area contributed by atoms with Gasteiger partial charge in [0.1, 0.15) is 0 Å². The summed E-state index contributed by atoms with van der Waals surface area (Å²) in [6.07, 6.45) is -2.95. The van der Waals surface area contributed by atoms with E-state index in [1.165, 1.54) is 12.3 Å². The van der Waals surface area contributed by atoms with Crippen LogP contribution in [0.1, 0.15) is 12.0 Å². The lowest BCUT2D eigenvalue weighted by Gasteiger charge is -2.32. The summed E-state index contributed by atoms with van der Waals surface area (Å²) in [6.45, 7) is -1.71. The van der Waals surface area contributed by atoms with Gasteiger partial charge in [-0.2, -0.15) is 22.0 Å². The molecule has 2 heterocycles. The van der Waals surface area contributed by atoms with Gasteiger partial charge >= 0.3 is 12.1 Å². The fraction of sp³-hybridized carbons (Fsp3) is 0.455. The second kappa shape index (κ2) is 4.43. The van der Waals surface area contributed by atoms with E-state index in [-0.39, 0.29) is 12.1 Å². The normalized spacial score (nSPS) is 16.5. The van der Waals surface area contributed by atoms with Crippen LogP contribution >= 0.6 is 0 Å². The van der Waals surface area contributed by atoms with Crippen LogP contribution in [-0.4, -0.2) is 29.5 Å². The zero-order valence-corrected chi connectivity index (χ0v) is 9.55. The SMILES string of the molecule is O=C1CCc2ccncc2N1CC(F)(F)C(F)(F)F. The Morgan fingerprint density at radius 2 is 1.89 bits per heavy atom. The molecule has 0 fully saturated rings. The first-order valence-corrected chi connectivity index (χ1v) is 5.40. The zero-order valence-electron chi connectivity index (χ0n) is 9.55. The lowest BCUT2D eigenvalue weighted by molar-refractivity contribution is -0.276. The molecule has 0 N–H and O–H groups in total. The number of fused-ring (bicyclic) bond motifs is 1. The number of carbonyl (C=O) groups is 1. The standard InChI is InChI=1S/C11H9F5N2O/c12-10(13,11(14,15)16)6-18-8-5-17-4-3-7(8)1-2-9(18)19/h3-5H,1-2,6H2. The average Bonchev–Trinajstić information content (AvgIpc) is 2.31. The molecule has 0 aliphatic carbocycles. The van der Waals surface area contributed by atoms with Gasteiger partial charge < -0.3 is 4.90 Å². The summed E-state index contributed by atoms with van der Waals surface area (Å²) in [6, 6.07) is 1.50. The molecule has 1 amide bonds. The highest BCUT2D eigenvalue weighted by molar-refractivity contribution is 5.96. The summed E-state index contributed by atoms with van der Waals surface area (Å²) < 4.78 is 62.7. The number of hydrogen-bond acceptors (Lipinski definition) is 2. The predicted molar refractivity (Wildman–Crippen MR) is 55.9 cm³/mol. The predicted octanol–water partition coefficient (Wildman–Crippen LogP) is 2.56. The number of carbonyl (C=O) groups excluding carboxylic acids is 1. The molecule has 1 aliphatic heterocycles. The van der Waals surface area contributed by atoms with Crippen LogP contribution in [-0.2, 0) is 11.2 Å². The number of rotatable bonds is 2. The third-order valence-electron chi connectivity index (χ3n) is 2.86. The first-order chi connectivity index (χ1) is 8.72. The monoisotopic (exact) mass is 280 g/mol. The summed E-state index contributed by atoms with van der Waals surface area (Å²) in [5.74, 6) is -5.71. The van der Waals surface area contributed by atoms with Crippen LogP contribution in [0, 0.1) is 0 Å². The van der Waals surface area contributed by atoms with E-state index >= 15 is 0 Å². The Kier molecular flexibility index (Phi) is 3.19. The Hall–Kier alpha value is -1.73. The van der Waals surface area contributed by atoms with E-state index in [0.717, 1.165) is 6.20 Å². The van der Waals surface area contributed by atoms with Crippen molar-refractivity contribution in [3.63, 3.8) is 0 Å². The van der Waals surface area contributed by atoms with E-state index in [0.29, 0.717) is 16.9 Å². The number of nitrogens with zero attached hydrogens (tertiary/aromatic N) is 2. The molecule has 0 bridgehead atoms. The molecule has 2 rings (SSSR count). The number of anilines is 1. The highest BCUT2D eigenvalue weighted by atomic mass is 19.4. The largest absolute Gasteiger partial charge is 0.455 e. The minimum Gasteiger partial charge on any atom is -0.304 e.